The van der Waals surface area contributed by atoms with Crippen molar-refractivity contribution in [3.63, 3.8) is 0 Å². The van der Waals surface area contributed by atoms with Gasteiger partial charge in [-0.05, 0) is 51.4 Å². The molecule has 2 atom stereocenters. The second kappa shape index (κ2) is 5.43. The van der Waals surface area contributed by atoms with E-state index in [0.717, 1.165) is 18.4 Å². The average molecular weight is 182 g/mol. The van der Waals surface area contributed by atoms with E-state index in [1.165, 1.54) is 31.3 Å². The lowest BCUT2D eigenvalue weighted by atomic mass is 10.1. The van der Waals surface area contributed by atoms with E-state index in [9.17, 15) is 0 Å². The van der Waals surface area contributed by atoms with Crippen LogP contribution in [0.3, 0.4) is 0 Å². The summed E-state index contributed by atoms with van der Waals surface area (Å²) in [5.74, 6) is 1.98. The van der Waals surface area contributed by atoms with Crippen LogP contribution in [0.15, 0.2) is 11.6 Å². The average Bonchev–Trinajstić information content (AvgIpc) is 2.80. The molecule has 0 saturated heterocycles. The van der Waals surface area contributed by atoms with Crippen molar-refractivity contribution < 1.29 is 4.74 Å². The lowest BCUT2D eigenvalue weighted by molar-refractivity contribution is 0.188. The Balaban J connectivity index is 1.98. The Hall–Kier alpha value is -0.300. The minimum atomic E-state index is 0.948. The zero-order valence-corrected chi connectivity index (χ0v) is 9.18. The Bertz CT molecular complexity index is 168. The summed E-state index contributed by atoms with van der Waals surface area (Å²) in [4.78, 5) is 0. The predicted octanol–water partition coefficient (Wildman–Crippen LogP) is 3.41. The summed E-state index contributed by atoms with van der Waals surface area (Å²) in [7, 11) is 1.79. The smallest absolute Gasteiger partial charge is 0.0465 e. The molecule has 0 N–H and O–H groups in total. The molecule has 0 heterocycles. The quantitative estimate of drug-likeness (QED) is 0.572. The topological polar surface area (TPSA) is 9.23 Å². The van der Waals surface area contributed by atoms with Crippen molar-refractivity contribution in [1.29, 1.82) is 0 Å². The first-order valence-electron chi connectivity index (χ1n) is 5.36. The van der Waals surface area contributed by atoms with E-state index >= 15 is 0 Å². The predicted molar refractivity (Wildman–Crippen MR) is 56.8 cm³/mol. The maximum absolute atomic E-state index is 5.07. The molecule has 1 aliphatic carbocycles. The van der Waals surface area contributed by atoms with Crippen molar-refractivity contribution in [1.82, 2.24) is 0 Å². The number of rotatable bonds is 6. The number of hydrogen-bond donors (Lipinski definition) is 0. The van der Waals surface area contributed by atoms with Gasteiger partial charge in [0.25, 0.3) is 0 Å². The van der Waals surface area contributed by atoms with Crippen LogP contribution >= 0.6 is 0 Å². The Morgan fingerprint density at radius 1 is 1.31 bits per heavy atom. The highest BCUT2D eigenvalue weighted by Gasteiger charge is 2.35. The van der Waals surface area contributed by atoms with E-state index < -0.39 is 0 Å². The van der Waals surface area contributed by atoms with Gasteiger partial charge in [-0.2, -0.15) is 0 Å². The van der Waals surface area contributed by atoms with Crippen molar-refractivity contribution in [2.24, 2.45) is 11.8 Å². The highest BCUT2D eigenvalue weighted by atomic mass is 16.5. The molecule has 0 aromatic rings. The molecule has 0 aromatic carbocycles. The number of allylic oxidation sites excluding steroid dienone is 2. The minimum absolute atomic E-state index is 0.948. The van der Waals surface area contributed by atoms with Gasteiger partial charge in [-0.15, -0.1) is 0 Å². The first kappa shape index (κ1) is 10.8. The standard InChI is InChI=1S/C12H22O/c1-10(2)5-4-6-11-9-12(11)7-8-13-3/h5,11-12H,4,6-9H2,1-3H3. The van der Waals surface area contributed by atoms with Crippen LogP contribution in [0, 0.1) is 11.8 Å². The summed E-state index contributed by atoms with van der Waals surface area (Å²) in [6.45, 7) is 5.30. The fourth-order valence-electron chi connectivity index (χ4n) is 1.87. The summed E-state index contributed by atoms with van der Waals surface area (Å²) >= 11 is 0. The van der Waals surface area contributed by atoms with Crippen LogP contribution in [-0.4, -0.2) is 13.7 Å². The van der Waals surface area contributed by atoms with Crippen molar-refractivity contribution in [2.75, 3.05) is 13.7 Å². The molecule has 1 saturated carbocycles. The van der Waals surface area contributed by atoms with Crippen molar-refractivity contribution in [3.05, 3.63) is 11.6 Å². The van der Waals surface area contributed by atoms with Crippen LogP contribution in [0.4, 0.5) is 0 Å². The molecule has 0 aliphatic heterocycles. The van der Waals surface area contributed by atoms with Gasteiger partial charge in [-0.25, -0.2) is 0 Å². The van der Waals surface area contributed by atoms with Crippen molar-refractivity contribution in [2.45, 2.75) is 39.5 Å². The number of ether oxygens (including phenoxy) is 1. The maximum atomic E-state index is 5.07. The Kier molecular flexibility index (Phi) is 4.51. The highest BCUT2D eigenvalue weighted by molar-refractivity contribution is 4.95. The van der Waals surface area contributed by atoms with Crippen molar-refractivity contribution in [3.8, 4) is 0 Å². The SMILES string of the molecule is COCCC1CC1CCC=C(C)C. The molecule has 1 fully saturated rings. The van der Waals surface area contributed by atoms with Gasteiger partial charge >= 0.3 is 0 Å². The zero-order chi connectivity index (χ0) is 9.68. The van der Waals surface area contributed by atoms with Gasteiger partial charge in [0.2, 0.25) is 0 Å². The van der Waals surface area contributed by atoms with E-state index in [2.05, 4.69) is 19.9 Å². The Morgan fingerprint density at radius 3 is 2.62 bits per heavy atom. The Morgan fingerprint density at radius 2 is 2.00 bits per heavy atom. The van der Waals surface area contributed by atoms with Crippen LogP contribution in [0.25, 0.3) is 0 Å². The highest BCUT2D eigenvalue weighted by Crippen LogP contribution is 2.44. The van der Waals surface area contributed by atoms with Crippen LogP contribution in [0.5, 0.6) is 0 Å². The van der Waals surface area contributed by atoms with Gasteiger partial charge in [0.1, 0.15) is 0 Å². The summed E-state index contributed by atoms with van der Waals surface area (Å²) in [6, 6.07) is 0. The van der Waals surface area contributed by atoms with E-state index in [4.69, 9.17) is 4.74 Å². The zero-order valence-electron chi connectivity index (χ0n) is 9.18. The molecule has 1 heteroatoms. The van der Waals surface area contributed by atoms with Crippen molar-refractivity contribution >= 4 is 0 Å². The van der Waals surface area contributed by atoms with E-state index in [0.29, 0.717) is 0 Å². The number of methoxy groups -OCH3 is 1. The molecule has 2 unspecified atom stereocenters. The van der Waals surface area contributed by atoms with Gasteiger partial charge in [0, 0.05) is 13.7 Å². The molecular formula is C12H22O. The van der Waals surface area contributed by atoms with Gasteiger partial charge in [-0.3, -0.25) is 0 Å². The van der Waals surface area contributed by atoms with E-state index in [-0.39, 0.29) is 0 Å². The van der Waals surface area contributed by atoms with Crippen LogP contribution in [0.1, 0.15) is 39.5 Å². The minimum Gasteiger partial charge on any atom is -0.385 e. The molecule has 0 bridgehead atoms. The fraction of sp³-hybridized carbons (Fsp3) is 0.833. The summed E-state index contributed by atoms with van der Waals surface area (Å²) in [5, 5.41) is 0. The van der Waals surface area contributed by atoms with Crippen LogP contribution in [-0.2, 0) is 4.74 Å². The van der Waals surface area contributed by atoms with E-state index in [1.807, 2.05) is 0 Å². The van der Waals surface area contributed by atoms with Gasteiger partial charge in [0.15, 0.2) is 0 Å². The molecule has 0 amide bonds. The first-order valence-corrected chi connectivity index (χ1v) is 5.36. The van der Waals surface area contributed by atoms with Gasteiger partial charge in [-0.1, -0.05) is 11.6 Å². The Labute approximate surface area is 82.2 Å². The second-order valence-corrected chi connectivity index (χ2v) is 4.40. The summed E-state index contributed by atoms with van der Waals surface area (Å²) in [6.07, 6.45) is 7.73. The summed E-state index contributed by atoms with van der Waals surface area (Å²) in [5.41, 5.74) is 1.45. The molecular weight excluding hydrogens is 160 g/mol. The third-order valence-electron chi connectivity index (χ3n) is 2.85. The van der Waals surface area contributed by atoms with E-state index in [1.54, 1.807) is 7.11 Å². The van der Waals surface area contributed by atoms with Crippen LogP contribution in [0.2, 0.25) is 0 Å². The fourth-order valence-corrected chi connectivity index (χ4v) is 1.87. The lowest BCUT2D eigenvalue weighted by Crippen LogP contribution is -1.91. The molecule has 1 rings (SSSR count). The molecule has 76 valence electrons. The van der Waals surface area contributed by atoms with Gasteiger partial charge in [0.05, 0.1) is 0 Å². The normalized spacial score (nSPS) is 25.8. The summed E-state index contributed by atoms with van der Waals surface area (Å²) < 4.78 is 5.07. The molecule has 0 radical (unpaired) electrons. The monoisotopic (exact) mass is 182 g/mol. The first-order chi connectivity index (χ1) is 6.24. The molecule has 13 heavy (non-hydrogen) atoms. The third kappa shape index (κ3) is 4.47. The number of hydrogen-bond acceptors (Lipinski definition) is 1. The lowest BCUT2D eigenvalue weighted by Gasteiger charge is -1.98. The molecule has 0 spiro atoms. The molecule has 0 aromatic heterocycles. The van der Waals surface area contributed by atoms with Gasteiger partial charge < -0.3 is 4.74 Å². The van der Waals surface area contributed by atoms with Crippen LogP contribution < -0.4 is 0 Å². The molecule has 1 aliphatic rings. The maximum Gasteiger partial charge on any atom is 0.0465 e. The third-order valence-corrected chi connectivity index (χ3v) is 2.85. The molecule has 1 nitrogen and oxygen atoms in total. The second-order valence-electron chi connectivity index (χ2n) is 4.40. The largest absolute Gasteiger partial charge is 0.385 e.